The Bertz CT molecular complexity index is 1470. The first-order valence-electron chi connectivity index (χ1n) is 11.6. The molecule has 1 N–H and O–H groups in total. The molecule has 0 atom stereocenters. The van der Waals surface area contributed by atoms with E-state index in [-0.39, 0.29) is 9.79 Å². The lowest BCUT2D eigenvalue weighted by atomic mass is 10.1. The maximum absolute atomic E-state index is 13.6. The van der Waals surface area contributed by atoms with Crippen molar-refractivity contribution in [1.82, 2.24) is 4.98 Å². The predicted octanol–water partition coefficient (Wildman–Crippen LogP) is 6.48. The molecule has 0 saturated carbocycles. The number of ether oxygens (including phenoxy) is 2. The minimum Gasteiger partial charge on any atom is -0.496 e. The van der Waals surface area contributed by atoms with Crippen molar-refractivity contribution in [3.05, 3.63) is 101 Å². The van der Waals surface area contributed by atoms with Crippen LogP contribution in [0.2, 0.25) is 0 Å². The van der Waals surface area contributed by atoms with Crippen LogP contribution in [0.3, 0.4) is 0 Å². The molecular formula is C29H30N2O4S. The molecule has 0 aliphatic carbocycles. The fourth-order valence-electron chi connectivity index (χ4n) is 4.17. The Morgan fingerprint density at radius 2 is 1.53 bits per heavy atom. The van der Waals surface area contributed by atoms with Crippen LogP contribution in [0.15, 0.2) is 82.6 Å². The Morgan fingerprint density at radius 3 is 2.19 bits per heavy atom. The lowest BCUT2D eigenvalue weighted by Gasteiger charge is -2.17. The van der Waals surface area contributed by atoms with Crippen LogP contribution < -0.4 is 14.8 Å². The molecule has 0 amide bonds. The number of methoxy groups -OCH3 is 1. The summed E-state index contributed by atoms with van der Waals surface area (Å²) in [5.41, 5.74) is 5.68. The van der Waals surface area contributed by atoms with E-state index in [0.29, 0.717) is 18.2 Å². The number of para-hydroxylation sites is 1. The molecule has 0 saturated heterocycles. The molecule has 6 nitrogen and oxygen atoms in total. The largest absolute Gasteiger partial charge is 0.496 e. The monoisotopic (exact) mass is 502 g/mol. The summed E-state index contributed by atoms with van der Waals surface area (Å²) in [5, 5.41) is 3.29. The van der Waals surface area contributed by atoms with Crippen LogP contribution in [0, 0.1) is 27.7 Å². The summed E-state index contributed by atoms with van der Waals surface area (Å²) in [5.74, 6) is 1.61. The molecule has 0 radical (unpaired) electrons. The van der Waals surface area contributed by atoms with Gasteiger partial charge in [-0.1, -0.05) is 35.9 Å². The van der Waals surface area contributed by atoms with Crippen LogP contribution in [0.1, 0.15) is 27.9 Å². The van der Waals surface area contributed by atoms with E-state index in [1.54, 1.807) is 43.5 Å². The van der Waals surface area contributed by atoms with Gasteiger partial charge in [0.25, 0.3) is 0 Å². The van der Waals surface area contributed by atoms with Gasteiger partial charge in [-0.3, -0.25) is 0 Å². The number of rotatable bonds is 8. The van der Waals surface area contributed by atoms with E-state index >= 15 is 0 Å². The highest BCUT2D eigenvalue weighted by Crippen LogP contribution is 2.32. The molecule has 4 rings (SSSR count). The number of aromatic nitrogens is 1. The van der Waals surface area contributed by atoms with Crippen LogP contribution in [-0.2, 0) is 16.4 Å². The second-order valence-electron chi connectivity index (χ2n) is 8.77. The van der Waals surface area contributed by atoms with Gasteiger partial charge in [0.1, 0.15) is 28.8 Å². The Morgan fingerprint density at radius 1 is 0.861 bits per heavy atom. The Kier molecular flexibility index (Phi) is 7.31. The summed E-state index contributed by atoms with van der Waals surface area (Å²) in [7, 11) is -2.22. The van der Waals surface area contributed by atoms with Gasteiger partial charge < -0.3 is 14.8 Å². The molecular weight excluding hydrogens is 472 g/mol. The number of benzene rings is 3. The second kappa shape index (κ2) is 10.4. The summed E-state index contributed by atoms with van der Waals surface area (Å²) >= 11 is 0. The van der Waals surface area contributed by atoms with Crippen molar-refractivity contribution < 1.29 is 17.9 Å². The van der Waals surface area contributed by atoms with Crippen molar-refractivity contribution in [1.29, 1.82) is 0 Å². The van der Waals surface area contributed by atoms with E-state index in [1.807, 2.05) is 52.0 Å². The second-order valence-corrected chi connectivity index (χ2v) is 10.7. The number of nitrogens with zero attached hydrogens (tertiary/aromatic N) is 1. The summed E-state index contributed by atoms with van der Waals surface area (Å²) in [4.78, 5) is 4.82. The molecule has 0 fully saturated rings. The third kappa shape index (κ3) is 5.36. The standard InChI is InChI=1S/C29H30N2O4S/c1-19-16-20(2)28(21(3)17-19)31-29-27(15-10-22(4)30-29)36(32,33)25-13-11-24(12-14-25)35-18-23-8-6-7-9-26(23)34-5/h6-17H,18H2,1-5H3,(H,30,31). The lowest BCUT2D eigenvalue weighted by Crippen LogP contribution is -2.09. The van der Waals surface area contributed by atoms with E-state index < -0.39 is 9.84 Å². The average Bonchev–Trinajstić information content (AvgIpc) is 2.85. The van der Waals surface area contributed by atoms with Crippen molar-refractivity contribution in [2.75, 3.05) is 12.4 Å². The minimum absolute atomic E-state index is 0.121. The Balaban J connectivity index is 1.61. The maximum atomic E-state index is 13.6. The molecule has 3 aromatic carbocycles. The first-order chi connectivity index (χ1) is 17.2. The molecule has 0 unspecified atom stereocenters. The zero-order valence-corrected chi connectivity index (χ0v) is 21.9. The highest BCUT2D eigenvalue weighted by molar-refractivity contribution is 7.91. The first kappa shape index (κ1) is 25.3. The number of hydrogen-bond donors (Lipinski definition) is 1. The summed E-state index contributed by atoms with van der Waals surface area (Å²) in [6.07, 6.45) is 0. The molecule has 0 bridgehead atoms. The molecule has 186 valence electrons. The summed E-state index contributed by atoms with van der Waals surface area (Å²) < 4.78 is 38.5. The smallest absolute Gasteiger partial charge is 0.210 e. The van der Waals surface area contributed by atoms with Gasteiger partial charge in [0.15, 0.2) is 0 Å². The van der Waals surface area contributed by atoms with Gasteiger partial charge in [0.2, 0.25) is 9.84 Å². The van der Waals surface area contributed by atoms with Gasteiger partial charge in [0.05, 0.1) is 12.0 Å². The molecule has 0 aliphatic heterocycles. The third-order valence-electron chi connectivity index (χ3n) is 5.93. The summed E-state index contributed by atoms with van der Waals surface area (Å²) in [6.45, 7) is 8.17. The molecule has 0 spiro atoms. The number of aryl methyl sites for hydroxylation is 4. The van der Waals surface area contributed by atoms with E-state index in [2.05, 4.69) is 22.4 Å². The van der Waals surface area contributed by atoms with Gasteiger partial charge in [-0.15, -0.1) is 0 Å². The first-order valence-corrected chi connectivity index (χ1v) is 13.1. The maximum Gasteiger partial charge on any atom is 0.210 e. The van der Waals surface area contributed by atoms with Crippen LogP contribution in [0.4, 0.5) is 11.5 Å². The molecule has 7 heteroatoms. The quantitative estimate of drug-likeness (QED) is 0.297. The highest BCUT2D eigenvalue weighted by Gasteiger charge is 2.23. The topological polar surface area (TPSA) is 77.5 Å². The van der Waals surface area contributed by atoms with E-state index in [9.17, 15) is 8.42 Å². The van der Waals surface area contributed by atoms with Crippen molar-refractivity contribution in [3.8, 4) is 11.5 Å². The molecule has 36 heavy (non-hydrogen) atoms. The van der Waals surface area contributed by atoms with Gasteiger partial charge in [0, 0.05) is 16.9 Å². The van der Waals surface area contributed by atoms with Gasteiger partial charge in [-0.2, -0.15) is 0 Å². The van der Waals surface area contributed by atoms with Crippen LogP contribution >= 0.6 is 0 Å². The normalized spacial score (nSPS) is 11.2. The van der Waals surface area contributed by atoms with Crippen molar-refractivity contribution in [2.45, 2.75) is 44.1 Å². The molecule has 4 aromatic rings. The number of hydrogen-bond acceptors (Lipinski definition) is 6. The predicted molar refractivity (Wildman–Crippen MR) is 142 cm³/mol. The third-order valence-corrected chi connectivity index (χ3v) is 7.73. The van der Waals surface area contributed by atoms with Crippen LogP contribution in [0.25, 0.3) is 0 Å². The Hall–Kier alpha value is -3.84. The summed E-state index contributed by atoms with van der Waals surface area (Å²) in [6, 6.07) is 21.5. The zero-order chi connectivity index (χ0) is 25.9. The minimum atomic E-state index is -3.84. The van der Waals surface area contributed by atoms with Gasteiger partial charge >= 0.3 is 0 Å². The van der Waals surface area contributed by atoms with E-state index in [4.69, 9.17) is 9.47 Å². The number of pyridine rings is 1. The Labute approximate surface area is 212 Å². The molecule has 0 aliphatic rings. The van der Waals surface area contributed by atoms with Gasteiger partial charge in [-0.05, 0) is 81.3 Å². The number of sulfone groups is 1. The fourth-order valence-corrected chi connectivity index (χ4v) is 5.52. The average molecular weight is 503 g/mol. The number of anilines is 2. The van der Waals surface area contributed by atoms with E-state index in [0.717, 1.165) is 39.4 Å². The molecule has 1 aromatic heterocycles. The van der Waals surface area contributed by atoms with Gasteiger partial charge in [-0.25, -0.2) is 13.4 Å². The number of nitrogens with one attached hydrogen (secondary N) is 1. The van der Waals surface area contributed by atoms with Crippen LogP contribution in [0.5, 0.6) is 11.5 Å². The van der Waals surface area contributed by atoms with Crippen molar-refractivity contribution in [2.24, 2.45) is 0 Å². The van der Waals surface area contributed by atoms with Crippen molar-refractivity contribution >= 4 is 21.3 Å². The zero-order valence-electron chi connectivity index (χ0n) is 21.1. The molecule has 1 heterocycles. The SMILES string of the molecule is COc1ccccc1COc1ccc(S(=O)(=O)c2ccc(C)nc2Nc2c(C)cc(C)cc2C)cc1. The lowest BCUT2D eigenvalue weighted by molar-refractivity contribution is 0.296. The van der Waals surface area contributed by atoms with E-state index in [1.165, 1.54) is 0 Å². The van der Waals surface area contributed by atoms with Crippen LogP contribution in [-0.4, -0.2) is 20.5 Å². The van der Waals surface area contributed by atoms with Crippen molar-refractivity contribution in [3.63, 3.8) is 0 Å². The fraction of sp³-hybridized carbons (Fsp3) is 0.207. The highest BCUT2D eigenvalue weighted by atomic mass is 32.2.